The summed E-state index contributed by atoms with van der Waals surface area (Å²) < 4.78 is 0. The maximum atomic E-state index is 9.46. The van der Waals surface area contributed by atoms with Crippen molar-refractivity contribution in [3.8, 4) is 5.75 Å². The van der Waals surface area contributed by atoms with Gasteiger partial charge in [0.25, 0.3) is 0 Å². The number of phenolic OH excluding ortho intramolecular Hbond substituents is 1. The minimum atomic E-state index is 0.399. The Bertz CT molecular complexity index is 259. The van der Waals surface area contributed by atoms with Crippen LogP contribution in [0.1, 0.15) is 30.9 Å². The number of nitrogens with two attached hydrogens (primary N) is 1. The van der Waals surface area contributed by atoms with E-state index in [-0.39, 0.29) is 0 Å². The minimum Gasteiger partial charge on any atom is -0.508 e. The molecule has 0 aliphatic rings. The fourth-order valence-corrected chi connectivity index (χ4v) is 1.14. The van der Waals surface area contributed by atoms with Crippen LogP contribution < -0.4 is 5.90 Å². The highest BCUT2D eigenvalue weighted by atomic mass is 16.4. The molecule has 1 aromatic carbocycles. The highest BCUT2D eigenvalue weighted by molar-refractivity contribution is 5.37. The largest absolute Gasteiger partial charge is 0.508 e. The Morgan fingerprint density at radius 3 is 2.15 bits per heavy atom. The molecular formula is C10H17NO2. The molecule has 3 heteroatoms. The molecule has 0 saturated heterocycles. The van der Waals surface area contributed by atoms with Crippen LogP contribution in [0.4, 0.5) is 0 Å². The Hall–Kier alpha value is -1.06. The van der Waals surface area contributed by atoms with Crippen LogP contribution >= 0.6 is 0 Å². The molecule has 1 rings (SSSR count). The molecule has 3 nitrogen and oxygen atoms in total. The second kappa shape index (κ2) is 5.56. The average Bonchev–Trinajstić information content (AvgIpc) is 2.07. The van der Waals surface area contributed by atoms with Crippen molar-refractivity contribution in [3.63, 3.8) is 0 Å². The third kappa shape index (κ3) is 3.44. The zero-order valence-corrected chi connectivity index (χ0v) is 8.28. The van der Waals surface area contributed by atoms with Crippen molar-refractivity contribution < 1.29 is 10.3 Å². The highest BCUT2D eigenvalue weighted by Gasteiger charge is 2.03. The van der Waals surface area contributed by atoms with E-state index in [2.05, 4.69) is 19.7 Å². The van der Waals surface area contributed by atoms with Gasteiger partial charge in [-0.2, -0.15) is 0 Å². The van der Waals surface area contributed by atoms with Gasteiger partial charge in [0.2, 0.25) is 0 Å². The van der Waals surface area contributed by atoms with Crippen LogP contribution in [0.2, 0.25) is 0 Å². The van der Waals surface area contributed by atoms with Gasteiger partial charge in [0.1, 0.15) is 5.75 Å². The zero-order valence-electron chi connectivity index (χ0n) is 8.28. The van der Waals surface area contributed by atoms with Gasteiger partial charge >= 0.3 is 0 Å². The molecule has 0 saturated carbocycles. The number of hydrogen-bond donors (Lipinski definition) is 3. The smallest absolute Gasteiger partial charge is 0.119 e. The van der Waals surface area contributed by atoms with Gasteiger partial charge < -0.3 is 10.3 Å². The molecule has 0 heterocycles. The number of aromatic hydroxyl groups is 1. The van der Waals surface area contributed by atoms with Crippen LogP contribution in [0.15, 0.2) is 18.2 Å². The first-order valence-electron chi connectivity index (χ1n) is 4.16. The number of rotatable bonds is 1. The molecular weight excluding hydrogens is 166 g/mol. The van der Waals surface area contributed by atoms with E-state index in [1.165, 1.54) is 0 Å². The van der Waals surface area contributed by atoms with Crippen LogP contribution in [0.3, 0.4) is 0 Å². The summed E-state index contributed by atoms with van der Waals surface area (Å²) in [6.45, 7) is 6.12. The Labute approximate surface area is 78.8 Å². The fraction of sp³-hybridized carbons (Fsp3) is 0.400. The molecule has 0 atom stereocenters. The molecule has 0 aromatic heterocycles. The van der Waals surface area contributed by atoms with E-state index >= 15 is 0 Å². The lowest BCUT2D eigenvalue weighted by atomic mass is 10.0. The molecule has 4 N–H and O–H groups in total. The van der Waals surface area contributed by atoms with Crippen LogP contribution in [-0.2, 0) is 0 Å². The van der Waals surface area contributed by atoms with Gasteiger partial charge in [-0.15, -0.1) is 0 Å². The standard InChI is InChI=1S/C10H14O.H3NO/c1-7(2)9-5-4-8(3)6-10(9)11;1-2/h4-7,11H,1-3H3;2H,1H2. The van der Waals surface area contributed by atoms with Gasteiger partial charge in [0.05, 0.1) is 0 Å². The topological polar surface area (TPSA) is 66.5 Å². The number of aryl methyl sites for hydroxylation is 1. The summed E-state index contributed by atoms with van der Waals surface area (Å²) in [6, 6.07) is 5.81. The Morgan fingerprint density at radius 1 is 1.23 bits per heavy atom. The van der Waals surface area contributed by atoms with Crippen LogP contribution in [0.25, 0.3) is 0 Å². The molecule has 0 amide bonds. The molecule has 0 fully saturated rings. The average molecular weight is 183 g/mol. The molecule has 0 radical (unpaired) electrons. The first-order chi connectivity index (χ1) is 6.11. The van der Waals surface area contributed by atoms with Crippen molar-refractivity contribution in [1.82, 2.24) is 0 Å². The molecule has 0 spiro atoms. The predicted molar refractivity (Wildman–Crippen MR) is 52.9 cm³/mol. The number of phenols is 1. The predicted octanol–water partition coefficient (Wildman–Crippen LogP) is 2.16. The van der Waals surface area contributed by atoms with Gasteiger partial charge in [-0.25, -0.2) is 5.90 Å². The second-order valence-electron chi connectivity index (χ2n) is 3.22. The van der Waals surface area contributed by atoms with Crippen molar-refractivity contribution in [2.24, 2.45) is 5.90 Å². The number of benzene rings is 1. The Morgan fingerprint density at radius 2 is 1.77 bits per heavy atom. The van der Waals surface area contributed by atoms with E-state index in [0.29, 0.717) is 11.7 Å². The van der Waals surface area contributed by atoms with Crippen LogP contribution in [-0.4, -0.2) is 10.3 Å². The van der Waals surface area contributed by atoms with Gasteiger partial charge in [-0.05, 0) is 30.0 Å². The summed E-state index contributed by atoms with van der Waals surface area (Å²) in [7, 11) is 0. The molecule has 0 aliphatic heterocycles. The summed E-state index contributed by atoms with van der Waals surface area (Å²) in [5.74, 6) is 4.32. The summed E-state index contributed by atoms with van der Waals surface area (Å²) in [4.78, 5) is 0. The normalized spacial score (nSPS) is 9.38. The van der Waals surface area contributed by atoms with Crippen molar-refractivity contribution in [2.75, 3.05) is 0 Å². The van der Waals surface area contributed by atoms with Gasteiger partial charge in [0, 0.05) is 0 Å². The van der Waals surface area contributed by atoms with Crippen molar-refractivity contribution in [3.05, 3.63) is 29.3 Å². The van der Waals surface area contributed by atoms with Crippen LogP contribution in [0, 0.1) is 6.92 Å². The lowest BCUT2D eigenvalue weighted by molar-refractivity contribution is 0.311. The van der Waals surface area contributed by atoms with Crippen molar-refractivity contribution in [1.29, 1.82) is 0 Å². The molecule has 74 valence electrons. The van der Waals surface area contributed by atoms with Crippen LogP contribution in [0.5, 0.6) is 5.75 Å². The van der Waals surface area contributed by atoms with Gasteiger partial charge in [-0.1, -0.05) is 26.0 Å². The van der Waals surface area contributed by atoms with Gasteiger partial charge in [-0.3, -0.25) is 0 Å². The monoisotopic (exact) mass is 183 g/mol. The Kier molecular flexibility index (Phi) is 5.11. The third-order valence-electron chi connectivity index (χ3n) is 1.81. The second-order valence-corrected chi connectivity index (χ2v) is 3.22. The summed E-state index contributed by atoms with van der Waals surface area (Å²) in [5.41, 5.74) is 2.13. The van der Waals surface area contributed by atoms with Crippen molar-refractivity contribution >= 4 is 0 Å². The highest BCUT2D eigenvalue weighted by Crippen LogP contribution is 2.25. The lowest BCUT2D eigenvalue weighted by Gasteiger charge is -2.07. The maximum absolute atomic E-state index is 9.46. The molecule has 13 heavy (non-hydrogen) atoms. The lowest BCUT2D eigenvalue weighted by Crippen LogP contribution is -1.87. The SMILES string of the molecule is Cc1ccc(C(C)C)c(O)c1.NO. The third-order valence-corrected chi connectivity index (χ3v) is 1.81. The zero-order chi connectivity index (χ0) is 10.4. The van der Waals surface area contributed by atoms with E-state index in [1.807, 2.05) is 19.1 Å². The van der Waals surface area contributed by atoms with E-state index < -0.39 is 0 Å². The summed E-state index contributed by atoms with van der Waals surface area (Å²) in [6.07, 6.45) is 0. The van der Waals surface area contributed by atoms with Crippen molar-refractivity contribution in [2.45, 2.75) is 26.7 Å². The first kappa shape index (κ1) is 11.9. The van der Waals surface area contributed by atoms with E-state index in [0.717, 1.165) is 11.1 Å². The molecule has 0 aliphatic carbocycles. The maximum Gasteiger partial charge on any atom is 0.119 e. The van der Waals surface area contributed by atoms with Gasteiger partial charge in [0.15, 0.2) is 0 Å². The summed E-state index contributed by atoms with van der Waals surface area (Å²) in [5, 5.41) is 16.0. The molecule has 0 bridgehead atoms. The molecule has 1 aromatic rings. The van der Waals surface area contributed by atoms with E-state index in [1.54, 1.807) is 6.07 Å². The summed E-state index contributed by atoms with van der Waals surface area (Å²) >= 11 is 0. The first-order valence-corrected chi connectivity index (χ1v) is 4.16. The number of hydrogen-bond acceptors (Lipinski definition) is 3. The van der Waals surface area contributed by atoms with E-state index in [4.69, 9.17) is 5.21 Å². The Balaban J connectivity index is 0.000000671. The fourth-order valence-electron chi connectivity index (χ4n) is 1.14. The minimum absolute atomic E-state index is 0.399. The van der Waals surface area contributed by atoms with E-state index in [9.17, 15) is 5.11 Å². The quantitative estimate of drug-likeness (QED) is 0.584. The molecule has 0 unspecified atom stereocenters.